The van der Waals surface area contributed by atoms with E-state index in [1.807, 2.05) is 38.1 Å². The molecule has 0 radical (unpaired) electrons. The molecule has 6 nitrogen and oxygen atoms in total. The van der Waals surface area contributed by atoms with Crippen LogP contribution in [0.4, 0.5) is 0 Å². The fraction of sp³-hybridized carbons (Fsp3) is 0.385. The Balaban J connectivity index is 1.87. The lowest BCUT2D eigenvalue weighted by Crippen LogP contribution is -2.37. The standard InChI is InChI=1S/C26H28ClNO5/c1-15(2)33-19-10-6-7-16(13-19)23-22(24(29)17-11-12-21(32-3)20(27)14-17)25(30)26(31)28(23)18-8-4-5-9-18/h6-7,10-15,18,23,29H,4-5,8-9H2,1-3H3/b24-22+. The van der Waals surface area contributed by atoms with Gasteiger partial charge in [-0.05, 0) is 62.6 Å². The Morgan fingerprint density at radius 2 is 1.85 bits per heavy atom. The number of benzene rings is 2. The summed E-state index contributed by atoms with van der Waals surface area (Å²) in [5.41, 5.74) is 1.14. The molecule has 1 atom stereocenters. The molecule has 1 aliphatic carbocycles. The number of carbonyl (C=O) groups excluding carboxylic acids is 2. The molecule has 1 saturated heterocycles. The molecule has 1 N–H and O–H groups in total. The van der Waals surface area contributed by atoms with Crippen LogP contribution < -0.4 is 9.47 Å². The second-order valence-electron chi connectivity index (χ2n) is 8.73. The monoisotopic (exact) mass is 469 g/mol. The minimum absolute atomic E-state index is 0.0251. The van der Waals surface area contributed by atoms with Crippen molar-refractivity contribution in [3.05, 3.63) is 64.2 Å². The first-order chi connectivity index (χ1) is 15.8. The van der Waals surface area contributed by atoms with Crippen molar-refractivity contribution < 1.29 is 24.2 Å². The summed E-state index contributed by atoms with van der Waals surface area (Å²) >= 11 is 6.26. The van der Waals surface area contributed by atoms with Gasteiger partial charge in [-0.3, -0.25) is 9.59 Å². The van der Waals surface area contributed by atoms with Gasteiger partial charge in [0, 0.05) is 11.6 Å². The number of Topliss-reactive ketones (excluding diaryl/α,β-unsaturated/α-hetero) is 1. The number of ketones is 1. The number of aliphatic hydroxyl groups excluding tert-OH is 1. The molecule has 2 aromatic rings. The van der Waals surface area contributed by atoms with Crippen molar-refractivity contribution in [1.29, 1.82) is 0 Å². The van der Waals surface area contributed by atoms with Crippen LogP contribution in [0.1, 0.15) is 56.7 Å². The number of nitrogens with zero attached hydrogens (tertiary/aromatic N) is 1. The summed E-state index contributed by atoms with van der Waals surface area (Å²) in [6, 6.07) is 11.4. The summed E-state index contributed by atoms with van der Waals surface area (Å²) in [5, 5.41) is 11.6. The number of rotatable bonds is 6. The molecule has 0 spiro atoms. The molecule has 174 valence electrons. The second kappa shape index (κ2) is 9.48. The van der Waals surface area contributed by atoms with E-state index in [0.29, 0.717) is 22.1 Å². The summed E-state index contributed by atoms with van der Waals surface area (Å²) in [4.78, 5) is 28.1. The molecule has 1 saturated carbocycles. The highest BCUT2D eigenvalue weighted by atomic mass is 35.5. The highest BCUT2D eigenvalue weighted by Crippen LogP contribution is 2.44. The molecule has 1 amide bonds. The lowest BCUT2D eigenvalue weighted by atomic mass is 9.94. The fourth-order valence-corrected chi connectivity index (χ4v) is 4.99. The maximum absolute atomic E-state index is 13.2. The second-order valence-corrected chi connectivity index (χ2v) is 9.14. The molecule has 0 bridgehead atoms. The van der Waals surface area contributed by atoms with E-state index in [2.05, 4.69) is 0 Å². The quantitative estimate of drug-likeness (QED) is 0.343. The van der Waals surface area contributed by atoms with Crippen LogP contribution in [0.3, 0.4) is 0 Å². The Labute approximate surface area is 198 Å². The van der Waals surface area contributed by atoms with E-state index in [-0.39, 0.29) is 23.5 Å². The predicted octanol–water partition coefficient (Wildman–Crippen LogP) is 5.50. The minimum atomic E-state index is -0.704. The third-order valence-electron chi connectivity index (χ3n) is 6.17. The molecule has 1 heterocycles. The third kappa shape index (κ3) is 4.44. The van der Waals surface area contributed by atoms with E-state index < -0.39 is 17.7 Å². The number of amides is 1. The molecule has 2 aromatic carbocycles. The maximum atomic E-state index is 13.2. The van der Waals surface area contributed by atoms with Gasteiger partial charge in [0.15, 0.2) is 0 Å². The van der Waals surface area contributed by atoms with Gasteiger partial charge in [0.1, 0.15) is 17.3 Å². The Kier molecular flexibility index (Phi) is 6.66. The van der Waals surface area contributed by atoms with Gasteiger partial charge in [-0.2, -0.15) is 0 Å². The molecule has 1 unspecified atom stereocenters. The first-order valence-corrected chi connectivity index (χ1v) is 11.6. The molecule has 0 aromatic heterocycles. The lowest BCUT2D eigenvalue weighted by Gasteiger charge is -2.31. The van der Waals surface area contributed by atoms with E-state index in [4.69, 9.17) is 21.1 Å². The van der Waals surface area contributed by atoms with E-state index in [1.165, 1.54) is 13.2 Å². The van der Waals surface area contributed by atoms with Crippen LogP contribution in [0.2, 0.25) is 5.02 Å². The Hall–Kier alpha value is -2.99. The molecular formula is C26H28ClNO5. The average Bonchev–Trinajstić information content (AvgIpc) is 3.40. The molecular weight excluding hydrogens is 442 g/mol. The smallest absolute Gasteiger partial charge is 0.295 e. The van der Waals surface area contributed by atoms with Gasteiger partial charge in [0.05, 0.1) is 29.9 Å². The van der Waals surface area contributed by atoms with Crippen molar-refractivity contribution in [2.45, 2.75) is 57.7 Å². The summed E-state index contributed by atoms with van der Waals surface area (Å²) in [6.07, 6.45) is 3.65. The molecule has 2 fully saturated rings. The first-order valence-electron chi connectivity index (χ1n) is 11.2. The zero-order chi connectivity index (χ0) is 23.7. The van der Waals surface area contributed by atoms with Gasteiger partial charge in [0.25, 0.3) is 11.7 Å². The summed E-state index contributed by atoms with van der Waals surface area (Å²) in [6.45, 7) is 3.87. The van der Waals surface area contributed by atoms with Crippen LogP contribution in [-0.2, 0) is 9.59 Å². The molecule has 4 rings (SSSR count). The van der Waals surface area contributed by atoms with Gasteiger partial charge >= 0.3 is 0 Å². The van der Waals surface area contributed by atoms with Crippen molar-refractivity contribution in [3.8, 4) is 11.5 Å². The van der Waals surface area contributed by atoms with Crippen molar-refractivity contribution in [3.63, 3.8) is 0 Å². The van der Waals surface area contributed by atoms with E-state index in [0.717, 1.165) is 31.2 Å². The van der Waals surface area contributed by atoms with Crippen LogP contribution >= 0.6 is 11.6 Å². The van der Waals surface area contributed by atoms with Crippen LogP contribution in [0.15, 0.2) is 48.0 Å². The lowest BCUT2D eigenvalue weighted by molar-refractivity contribution is -0.141. The van der Waals surface area contributed by atoms with E-state index in [1.54, 1.807) is 17.0 Å². The van der Waals surface area contributed by atoms with Crippen molar-refractivity contribution in [2.75, 3.05) is 7.11 Å². The van der Waals surface area contributed by atoms with Crippen LogP contribution in [0.5, 0.6) is 11.5 Å². The zero-order valence-corrected chi connectivity index (χ0v) is 19.8. The largest absolute Gasteiger partial charge is 0.507 e. The number of hydrogen-bond donors (Lipinski definition) is 1. The first kappa shape index (κ1) is 23.2. The van der Waals surface area contributed by atoms with Crippen molar-refractivity contribution in [1.82, 2.24) is 4.90 Å². The van der Waals surface area contributed by atoms with Crippen molar-refractivity contribution in [2.24, 2.45) is 0 Å². The van der Waals surface area contributed by atoms with Gasteiger partial charge in [-0.1, -0.05) is 36.6 Å². The number of halogens is 1. The SMILES string of the molecule is COc1ccc(/C(O)=C2\C(=O)C(=O)N(C3CCCC3)C2c2cccc(OC(C)C)c2)cc1Cl. The number of aliphatic hydroxyl groups is 1. The minimum Gasteiger partial charge on any atom is -0.507 e. The molecule has 1 aliphatic heterocycles. The van der Waals surface area contributed by atoms with Gasteiger partial charge in [-0.15, -0.1) is 0 Å². The average molecular weight is 470 g/mol. The van der Waals surface area contributed by atoms with Crippen LogP contribution in [0, 0.1) is 0 Å². The number of methoxy groups -OCH3 is 1. The van der Waals surface area contributed by atoms with Gasteiger partial charge in [0.2, 0.25) is 0 Å². The highest BCUT2D eigenvalue weighted by molar-refractivity contribution is 6.46. The third-order valence-corrected chi connectivity index (χ3v) is 6.46. The summed E-state index contributed by atoms with van der Waals surface area (Å²) in [5.74, 6) is -0.421. The molecule has 7 heteroatoms. The Bertz CT molecular complexity index is 1100. The topological polar surface area (TPSA) is 76.1 Å². The van der Waals surface area contributed by atoms with Crippen molar-refractivity contribution >= 4 is 29.1 Å². The number of ether oxygens (including phenoxy) is 2. The van der Waals surface area contributed by atoms with Crippen LogP contribution in [0.25, 0.3) is 5.76 Å². The Morgan fingerprint density at radius 1 is 1.12 bits per heavy atom. The summed E-state index contributed by atoms with van der Waals surface area (Å²) < 4.78 is 11.0. The number of hydrogen-bond acceptors (Lipinski definition) is 5. The van der Waals surface area contributed by atoms with Crippen LogP contribution in [-0.4, -0.2) is 41.0 Å². The maximum Gasteiger partial charge on any atom is 0.295 e. The zero-order valence-electron chi connectivity index (χ0n) is 19.0. The number of likely N-dealkylation sites (tertiary alicyclic amines) is 1. The van der Waals surface area contributed by atoms with Gasteiger partial charge < -0.3 is 19.5 Å². The highest BCUT2D eigenvalue weighted by Gasteiger charge is 2.49. The fourth-order valence-electron chi connectivity index (χ4n) is 4.74. The van der Waals surface area contributed by atoms with E-state index in [9.17, 15) is 14.7 Å². The van der Waals surface area contributed by atoms with Gasteiger partial charge in [-0.25, -0.2) is 0 Å². The predicted molar refractivity (Wildman–Crippen MR) is 127 cm³/mol. The molecule has 2 aliphatic rings. The molecule has 33 heavy (non-hydrogen) atoms. The van der Waals surface area contributed by atoms with E-state index >= 15 is 0 Å². The number of carbonyl (C=O) groups is 2. The summed E-state index contributed by atoms with van der Waals surface area (Å²) in [7, 11) is 1.50. The Morgan fingerprint density at radius 3 is 2.48 bits per heavy atom. The normalized spacial score (nSPS) is 20.6.